The predicted molar refractivity (Wildman–Crippen MR) is 104 cm³/mol. The number of hydrogen-bond acceptors (Lipinski definition) is 5. The summed E-state index contributed by atoms with van der Waals surface area (Å²) >= 11 is 5.98. The van der Waals surface area contributed by atoms with Gasteiger partial charge in [-0.05, 0) is 49.7 Å². The second-order valence-electron chi connectivity index (χ2n) is 6.37. The van der Waals surface area contributed by atoms with Gasteiger partial charge in [0.05, 0.1) is 12.2 Å². The molecule has 0 radical (unpaired) electrons. The lowest BCUT2D eigenvalue weighted by Gasteiger charge is -2.33. The van der Waals surface area contributed by atoms with Gasteiger partial charge in [-0.1, -0.05) is 17.7 Å². The zero-order valence-electron chi connectivity index (χ0n) is 14.5. The lowest BCUT2D eigenvalue weighted by atomic mass is 10.1. The van der Waals surface area contributed by atoms with Gasteiger partial charge in [-0.3, -0.25) is 9.69 Å². The number of nitrogens with one attached hydrogen (secondary N) is 2. The Hall–Kier alpha value is -2.15. The second kappa shape index (κ2) is 8.98. The van der Waals surface area contributed by atoms with E-state index in [4.69, 9.17) is 16.7 Å². The molecule has 1 fully saturated rings. The molecule has 1 aromatic carbocycles. The molecule has 26 heavy (non-hydrogen) atoms. The maximum Gasteiger partial charge on any atom is 0.259 e. The van der Waals surface area contributed by atoms with Crippen molar-refractivity contribution in [1.29, 1.82) is 0 Å². The monoisotopic (exact) mass is 374 g/mol. The first-order valence-electron chi connectivity index (χ1n) is 8.77. The Balaban J connectivity index is 1.70. The number of halogens is 1. The topological polar surface area (TPSA) is 77.5 Å². The normalized spacial score (nSPS) is 17.7. The molecule has 7 heteroatoms. The quantitative estimate of drug-likeness (QED) is 0.724. The molecule has 0 bridgehead atoms. The number of β-amino-alcohol motifs (C(OH)–C–C–N with tert-alkyl or cyclic N) is 1. The molecule has 2 heterocycles. The molecule has 0 aliphatic carbocycles. The maximum absolute atomic E-state index is 12.7. The van der Waals surface area contributed by atoms with E-state index in [1.54, 1.807) is 42.6 Å². The van der Waals surface area contributed by atoms with Crippen molar-refractivity contribution in [2.75, 3.05) is 36.9 Å². The van der Waals surface area contributed by atoms with E-state index in [2.05, 4.69) is 20.5 Å². The molecule has 1 aliphatic heterocycles. The summed E-state index contributed by atoms with van der Waals surface area (Å²) in [4.78, 5) is 19.3. The molecule has 2 aromatic rings. The molecule has 3 rings (SSSR count). The smallest absolute Gasteiger partial charge is 0.259 e. The highest BCUT2D eigenvalue weighted by molar-refractivity contribution is 6.31. The molecule has 1 saturated heterocycles. The minimum Gasteiger partial charge on any atom is -0.395 e. The van der Waals surface area contributed by atoms with Gasteiger partial charge in [-0.25, -0.2) is 4.98 Å². The number of carbonyl (C=O) groups is 1. The first-order valence-corrected chi connectivity index (χ1v) is 9.15. The van der Waals surface area contributed by atoms with Crippen LogP contribution < -0.4 is 10.6 Å². The summed E-state index contributed by atoms with van der Waals surface area (Å²) < 4.78 is 0. The van der Waals surface area contributed by atoms with Gasteiger partial charge in [0.1, 0.15) is 5.82 Å². The fraction of sp³-hybridized carbons (Fsp3) is 0.368. The van der Waals surface area contributed by atoms with Gasteiger partial charge < -0.3 is 15.7 Å². The Morgan fingerprint density at radius 1 is 1.35 bits per heavy atom. The van der Waals surface area contributed by atoms with E-state index in [1.165, 1.54) is 0 Å². The van der Waals surface area contributed by atoms with Gasteiger partial charge in [-0.15, -0.1) is 0 Å². The molecule has 1 aromatic heterocycles. The number of aromatic nitrogens is 1. The molecule has 138 valence electrons. The fourth-order valence-corrected chi connectivity index (χ4v) is 3.37. The standard InChI is InChI=1S/C19H23ClN4O2/c20-14-4-1-5-15(12-14)23-19(26)17-7-2-8-21-18(17)22-16-6-3-9-24(13-16)10-11-25/h1-2,4-5,7-8,12,16,25H,3,6,9-11,13H2,(H,21,22)(H,23,26)/t16-/m0/s1. The fourth-order valence-electron chi connectivity index (χ4n) is 3.18. The van der Waals surface area contributed by atoms with Crippen molar-refractivity contribution >= 4 is 29.0 Å². The summed E-state index contributed by atoms with van der Waals surface area (Å²) in [5.41, 5.74) is 1.14. The highest BCUT2D eigenvalue weighted by atomic mass is 35.5. The van der Waals surface area contributed by atoms with Crippen LogP contribution in [0.25, 0.3) is 0 Å². The second-order valence-corrected chi connectivity index (χ2v) is 6.81. The van der Waals surface area contributed by atoms with Crippen LogP contribution in [0.2, 0.25) is 5.02 Å². The van der Waals surface area contributed by atoms with Crippen LogP contribution in [0.15, 0.2) is 42.6 Å². The lowest BCUT2D eigenvalue weighted by molar-refractivity contribution is 0.102. The van der Waals surface area contributed by atoms with Crippen molar-refractivity contribution in [3.8, 4) is 0 Å². The number of nitrogens with zero attached hydrogens (tertiary/aromatic N) is 2. The van der Waals surface area contributed by atoms with Crippen molar-refractivity contribution in [3.63, 3.8) is 0 Å². The Morgan fingerprint density at radius 3 is 3.04 bits per heavy atom. The molecule has 0 spiro atoms. The molecule has 3 N–H and O–H groups in total. The van der Waals surface area contributed by atoms with Crippen LogP contribution in [-0.4, -0.2) is 53.2 Å². The molecule has 1 amide bonds. The van der Waals surface area contributed by atoms with E-state index in [-0.39, 0.29) is 18.6 Å². The van der Waals surface area contributed by atoms with Crippen LogP contribution in [0.4, 0.5) is 11.5 Å². The number of aliphatic hydroxyl groups excluding tert-OH is 1. The predicted octanol–water partition coefficient (Wildman–Crippen LogP) is 2.86. The maximum atomic E-state index is 12.7. The van der Waals surface area contributed by atoms with Gasteiger partial charge in [0.15, 0.2) is 0 Å². The summed E-state index contributed by atoms with van der Waals surface area (Å²) in [6.07, 6.45) is 3.73. The minimum absolute atomic E-state index is 0.156. The molecule has 1 aliphatic rings. The number of hydrogen-bond donors (Lipinski definition) is 3. The zero-order valence-corrected chi connectivity index (χ0v) is 15.2. The van der Waals surface area contributed by atoms with E-state index >= 15 is 0 Å². The Kier molecular flexibility index (Phi) is 6.44. The third-order valence-electron chi connectivity index (χ3n) is 4.40. The largest absolute Gasteiger partial charge is 0.395 e. The Labute approximate surface area is 158 Å². The zero-order chi connectivity index (χ0) is 18.4. The summed E-state index contributed by atoms with van der Waals surface area (Å²) in [6.45, 7) is 2.64. The molecule has 1 atom stereocenters. The van der Waals surface area contributed by atoms with E-state index in [9.17, 15) is 4.79 Å². The summed E-state index contributed by atoms with van der Waals surface area (Å²) in [7, 11) is 0. The van der Waals surface area contributed by atoms with Crippen LogP contribution in [0, 0.1) is 0 Å². The summed E-state index contributed by atoms with van der Waals surface area (Å²) in [6, 6.07) is 10.7. The number of benzene rings is 1. The lowest BCUT2D eigenvalue weighted by Crippen LogP contribution is -2.43. The van der Waals surface area contributed by atoms with Crippen LogP contribution in [-0.2, 0) is 0 Å². The first kappa shape index (κ1) is 18.6. The highest BCUT2D eigenvalue weighted by Gasteiger charge is 2.21. The number of amides is 1. The Bertz CT molecular complexity index is 754. The summed E-state index contributed by atoms with van der Waals surface area (Å²) in [5.74, 6) is 0.341. The van der Waals surface area contributed by atoms with Crippen molar-refractivity contribution < 1.29 is 9.90 Å². The SMILES string of the molecule is O=C(Nc1cccc(Cl)c1)c1cccnc1N[C@H]1CCCN(CCO)C1. The third-order valence-corrected chi connectivity index (χ3v) is 4.63. The number of aliphatic hydroxyl groups is 1. The van der Waals surface area contributed by atoms with Crippen LogP contribution in [0.5, 0.6) is 0 Å². The number of carbonyl (C=O) groups excluding carboxylic acids is 1. The molecular weight excluding hydrogens is 352 g/mol. The van der Waals surface area contributed by atoms with Crippen LogP contribution in [0.3, 0.4) is 0 Å². The first-order chi connectivity index (χ1) is 12.7. The molecule has 6 nitrogen and oxygen atoms in total. The Morgan fingerprint density at radius 2 is 2.23 bits per heavy atom. The van der Waals surface area contributed by atoms with Gasteiger partial charge >= 0.3 is 0 Å². The number of pyridine rings is 1. The van der Waals surface area contributed by atoms with Crippen molar-refractivity contribution in [3.05, 3.63) is 53.2 Å². The molecule has 0 unspecified atom stereocenters. The molecular formula is C19H23ClN4O2. The van der Waals surface area contributed by atoms with Crippen molar-refractivity contribution in [2.24, 2.45) is 0 Å². The van der Waals surface area contributed by atoms with Crippen molar-refractivity contribution in [2.45, 2.75) is 18.9 Å². The van der Waals surface area contributed by atoms with Crippen LogP contribution in [0.1, 0.15) is 23.2 Å². The molecule has 0 saturated carbocycles. The van der Waals surface area contributed by atoms with E-state index < -0.39 is 0 Å². The minimum atomic E-state index is -0.231. The van der Waals surface area contributed by atoms with E-state index in [1.807, 2.05) is 0 Å². The van der Waals surface area contributed by atoms with Gasteiger partial charge in [0, 0.05) is 36.0 Å². The van der Waals surface area contributed by atoms with Gasteiger partial charge in [0.25, 0.3) is 5.91 Å². The van der Waals surface area contributed by atoms with E-state index in [0.29, 0.717) is 28.6 Å². The number of likely N-dealkylation sites (tertiary alicyclic amines) is 1. The van der Waals surface area contributed by atoms with Crippen molar-refractivity contribution in [1.82, 2.24) is 9.88 Å². The van der Waals surface area contributed by atoms with Crippen LogP contribution >= 0.6 is 11.6 Å². The number of anilines is 2. The third kappa shape index (κ3) is 4.94. The van der Waals surface area contributed by atoms with Gasteiger partial charge in [-0.2, -0.15) is 0 Å². The highest BCUT2D eigenvalue weighted by Crippen LogP contribution is 2.20. The average Bonchev–Trinajstić information content (AvgIpc) is 2.63. The van der Waals surface area contributed by atoms with Gasteiger partial charge in [0.2, 0.25) is 0 Å². The number of piperidine rings is 1. The van der Waals surface area contributed by atoms with E-state index in [0.717, 1.165) is 25.9 Å². The summed E-state index contributed by atoms with van der Waals surface area (Å²) in [5, 5.41) is 16.0. The number of rotatable bonds is 6. The average molecular weight is 375 g/mol.